The summed E-state index contributed by atoms with van der Waals surface area (Å²) in [5.41, 5.74) is 0.387. The highest BCUT2D eigenvalue weighted by atomic mass is 16.1. The zero-order valence-corrected chi connectivity index (χ0v) is 12.5. The van der Waals surface area contributed by atoms with Gasteiger partial charge in [-0.3, -0.25) is 4.79 Å². The number of anilines is 1. The van der Waals surface area contributed by atoms with Gasteiger partial charge in [-0.05, 0) is 38.0 Å². The van der Waals surface area contributed by atoms with Gasteiger partial charge in [-0.2, -0.15) is 0 Å². The summed E-state index contributed by atoms with van der Waals surface area (Å²) >= 11 is 0. The van der Waals surface area contributed by atoms with E-state index in [4.69, 9.17) is 0 Å². The topological polar surface area (TPSA) is 66.9 Å². The molecule has 1 fully saturated rings. The molecule has 2 rings (SSSR count). The lowest BCUT2D eigenvalue weighted by molar-refractivity contribution is 0.0906. The van der Waals surface area contributed by atoms with Crippen LogP contribution < -0.4 is 10.6 Å². The molecule has 0 aliphatic heterocycles. The molecule has 1 heterocycles. The van der Waals surface area contributed by atoms with Crippen molar-refractivity contribution in [1.29, 1.82) is 0 Å². The van der Waals surface area contributed by atoms with E-state index in [0.717, 1.165) is 19.4 Å². The highest BCUT2D eigenvalue weighted by molar-refractivity contribution is 5.92. The molecule has 1 saturated carbocycles. The van der Waals surface area contributed by atoms with Crippen molar-refractivity contribution >= 4 is 11.7 Å². The van der Waals surface area contributed by atoms with Gasteiger partial charge in [0.05, 0.1) is 12.4 Å². The van der Waals surface area contributed by atoms with E-state index in [9.17, 15) is 4.79 Å². The minimum absolute atomic E-state index is 0.119. The van der Waals surface area contributed by atoms with Crippen molar-refractivity contribution in [3.8, 4) is 0 Å². The summed E-state index contributed by atoms with van der Waals surface area (Å²) in [5.74, 6) is 1.92. The minimum Gasteiger partial charge on any atom is -0.369 e. The predicted octanol–water partition coefficient (Wildman–Crippen LogP) is 2.46. The van der Waals surface area contributed by atoms with Crippen molar-refractivity contribution < 1.29 is 4.79 Å². The Morgan fingerprint density at radius 3 is 2.45 bits per heavy atom. The molecule has 0 saturated heterocycles. The van der Waals surface area contributed by atoms with Crippen molar-refractivity contribution in [2.75, 3.05) is 11.9 Å². The minimum atomic E-state index is -0.119. The van der Waals surface area contributed by atoms with Gasteiger partial charge in [0.2, 0.25) is 0 Å². The largest absolute Gasteiger partial charge is 0.369 e. The van der Waals surface area contributed by atoms with Crippen molar-refractivity contribution in [2.24, 2.45) is 11.8 Å². The molecule has 2 N–H and O–H groups in total. The Morgan fingerprint density at radius 1 is 1.20 bits per heavy atom. The molecule has 2 atom stereocenters. The van der Waals surface area contributed by atoms with Gasteiger partial charge in [0.1, 0.15) is 11.5 Å². The zero-order chi connectivity index (χ0) is 14.5. The van der Waals surface area contributed by atoms with Gasteiger partial charge in [-0.1, -0.05) is 13.8 Å². The van der Waals surface area contributed by atoms with Crippen LogP contribution in [0.25, 0.3) is 0 Å². The number of carbonyl (C=O) groups excluding carboxylic acids is 1. The van der Waals surface area contributed by atoms with Gasteiger partial charge >= 0.3 is 0 Å². The summed E-state index contributed by atoms with van der Waals surface area (Å²) in [6.07, 6.45) is 6.50. The quantitative estimate of drug-likeness (QED) is 0.886. The lowest BCUT2D eigenvalue weighted by Crippen LogP contribution is -2.40. The van der Waals surface area contributed by atoms with E-state index >= 15 is 0 Å². The molecular weight excluding hydrogens is 252 g/mol. The molecule has 2 unspecified atom stereocenters. The van der Waals surface area contributed by atoms with Crippen LogP contribution in [0.15, 0.2) is 12.4 Å². The van der Waals surface area contributed by atoms with E-state index < -0.39 is 0 Å². The van der Waals surface area contributed by atoms with Crippen LogP contribution in [0.1, 0.15) is 50.5 Å². The molecule has 110 valence electrons. The van der Waals surface area contributed by atoms with Crippen LogP contribution in [0.2, 0.25) is 0 Å². The first-order chi connectivity index (χ1) is 9.58. The van der Waals surface area contributed by atoms with Crippen LogP contribution in [0.3, 0.4) is 0 Å². The number of aromatic nitrogens is 2. The number of hydrogen-bond donors (Lipinski definition) is 2. The Labute approximate surface area is 120 Å². The number of rotatable bonds is 4. The van der Waals surface area contributed by atoms with Crippen LogP contribution in [-0.2, 0) is 0 Å². The molecule has 5 nitrogen and oxygen atoms in total. The van der Waals surface area contributed by atoms with Crippen LogP contribution in [0.4, 0.5) is 5.82 Å². The Balaban J connectivity index is 1.93. The maximum absolute atomic E-state index is 12.2. The third-order valence-electron chi connectivity index (χ3n) is 3.76. The molecule has 0 bridgehead atoms. The second kappa shape index (κ2) is 6.68. The number of nitrogens with zero attached hydrogens (tertiary/aromatic N) is 2. The molecule has 5 heteroatoms. The molecule has 0 spiro atoms. The molecule has 20 heavy (non-hydrogen) atoms. The summed E-state index contributed by atoms with van der Waals surface area (Å²) in [6.45, 7) is 7.28. The fourth-order valence-electron chi connectivity index (χ4n) is 3.04. The molecule has 1 amide bonds. The zero-order valence-electron chi connectivity index (χ0n) is 12.5. The van der Waals surface area contributed by atoms with E-state index in [1.807, 2.05) is 6.92 Å². The number of carbonyl (C=O) groups is 1. The number of nitrogens with one attached hydrogen (secondary N) is 2. The second-order valence-corrected chi connectivity index (χ2v) is 5.91. The smallest absolute Gasteiger partial charge is 0.271 e. The van der Waals surface area contributed by atoms with Crippen LogP contribution >= 0.6 is 0 Å². The lowest BCUT2D eigenvalue weighted by Gasteiger charge is -2.31. The van der Waals surface area contributed by atoms with Gasteiger partial charge in [0.15, 0.2) is 0 Å². The highest BCUT2D eigenvalue weighted by Gasteiger charge is 2.25. The number of amides is 1. The van der Waals surface area contributed by atoms with E-state index in [0.29, 0.717) is 23.3 Å². The van der Waals surface area contributed by atoms with Crippen LogP contribution in [-0.4, -0.2) is 28.5 Å². The summed E-state index contributed by atoms with van der Waals surface area (Å²) in [7, 11) is 0. The molecule has 1 aliphatic carbocycles. The Bertz CT molecular complexity index is 436. The fraction of sp³-hybridized carbons (Fsp3) is 0.667. The highest BCUT2D eigenvalue weighted by Crippen LogP contribution is 2.28. The third kappa shape index (κ3) is 3.92. The molecule has 1 aliphatic rings. The van der Waals surface area contributed by atoms with E-state index in [1.54, 1.807) is 6.20 Å². The van der Waals surface area contributed by atoms with Crippen molar-refractivity contribution in [3.63, 3.8) is 0 Å². The first-order valence-corrected chi connectivity index (χ1v) is 7.45. The molecule has 0 aromatic carbocycles. The van der Waals surface area contributed by atoms with Gasteiger partial charge in [0.25, 0.3) is 5.91 Å². The average molecular weight is 276 g/mol. The second-order valence-electron chi connectivity index (χ2n) is 5.91. The van der Waals surface area contributed by atoms with E-state index in [2.05, 4.69) is 34.4 Å². The Morgan fingerprint density at radius 2 is 1.90 bits per heavy atom. The lowest BCUT2D eigenvalue weighted by atomic mass is 9.80. The molecule has 1 aromatic heterocycles. The van der Waals surface area contributed by atoms with Crippen molar-refractivity contribution in [1.82, 2.24) is 15.3 Å². The average Bonchev–Trinajstić information content (AvgIpc) is 2.38. The third-order valence-corrected chi connectivity index (χ3v) is 3.76. The maximum atomic E-state index is 12.2. The van der Waals surface area contributed by atoms with Gasteiger partial charge in [-0.15, -0.1) is 0 Å². The Hall–Kier alpha value is -1.65. The molecular formula is C15H24N4O. The van der Waals surface area contributed by atoms with Crippen LogP contribution in [0, 0.1) is 11.8 Å². The predicted molar refractivity (Wildman–Crippen MR) is 79.6 cm³/mol. The van der Waals surface area contributed by atoms with E-state index in [1.165, 1.54) is 12.6 Å². The van der Waals surface area contributed by atoms with Crippen molar-refractivity contribution in [2.45, 2.75) is 46.1 Å². The summed E-state index contributed by atoms with van der Waals surface area (Å²) in [6, 6.07) is 0.261. The first kappa shape index (κ1) is 14.8. The van der Waals surface area contributed by atoms with Crippen LogP contribution in [0.5, 0.6) is 0 Å². The SMILES string of the molecule is CCNc1cnc(C(=O)NC2CC(C)CC(C)C2)cn1. The van der Waals surface area contributed by atoms with Gasteiger partial charge < -0.3 is 10.6 Å². The molecule has 0 radical (unpaired) electrons. The summed E-state index contributed by atoms with van der Waals surface area (Å²) < 4.78 is 0. The summed E-state index contributed by atoms with van der Waals surface area (Å²) in [4.78, 5) is 20.5. The Kier molecular flexibility index (Phi) is 4.93. The van der Waals surface area contributed by atoms with Gasteiger partial charge in [-0.25, -0.2) is 9.97 Å². The fourth-order valence-corrected chi connectivity index (χ4v) is 3.04. The number of hydrogen-bond acceptors (Lipinski definition) is 4. The van der Waals surface area contributed by atoms with E-state index in [-0.39, 0.29) is 11.9 Å². The monoisotopic (exact) mass is 276 g/mol. The maximum Gasteiger partial charge on any atom is 0.271 e. The normalized spacial score (nSPS) is 26.1. The van der Waals surface area contributed by atoms with Gasteiger partial charge in [0, 0.05) is 12.6 Å². The summed E-state index contributed by atoms with van der Waals surface area (Å²) in [5, 5.41) is 6.15. The first-order valence-electron chi connectivity index (χ1n) is 7.45. The molecule has 1 aromatic rings. The van der Waals surface area contributed by atoms with Crippen molar-refractivity contribution in [3.05, 3.63) is 18.1 Å². The standard InChI is InChI=1S/C15H24N4O/c1-4-16-14-9-17-13(8-18-14)15(20)19-12-6-10(2)5-11(3)7-12/h8-12H,4-7H2,1-3H3,(H,16,18)(H,19,20).